The van der Waals surface area contributed by atoms with Crippen LogP contribution in [0, 0.1) is 13.8 Å². The van der Waals surface area contributed by atoms with Crippen LogP contribution in [0.5, 0.6) is 11.5 Å². The summed E-state index contributed by atoms with van der Waals surface area (Å²) in [6.45, 7) is 3.40. The van der Waals surface area contributed by atoms with Crippen molar-refractivity contribution in [3.05, 3.63) is 119 Å². The zero-order valence-electron chi connectivity index (χ0n) is 28.6. The highest BCUT2D eigenvalue weighted by atomic mass is 32.2. The predicted octanol–water partition coefficient (Wildman–Crippen LogP) is 6.21. The summed E-state index contributed by atoms with van der Waals surface area (Å²) in [6, 6.07) is 27.7. The number of ether oxygens (including phenoxy) is 2. The van der Waals surface area contributed by atoms with Gasteiger partial charge in [-0.15, -0.1) is 0 Å². The van der Waals surface area contributed by atoms with E-state index in [1.165, 1.54) is 37.3 Å². The van der Waals surface area contributed by atoms with Crippen molar-refractivity contribution in [1.29, 1.82) is 0 Å². The molecule has 0 aliphatic heterocycles. The highest BCUT2D eigenvalue weighted by Gasteiger charge is 2.36. The summed E-state index contributed by atoms with van der Waals surface area (Å²) < 4.78 is 40.8. The maximum Gasteiger partial charge on any atom is 0.264 e. The summed E-state index contributed by atoms with van der Waals surface area (Å²) in [7, 11) is -1.30. The molecule has 0 heterocycles. The number of methoxy groups -OCH3 is 2. The molecule has 258 valence electrons. The van der Waals surface area contributed by atoms with E-state index in [0.29, 0.717) is 11.5 Å². The van der Waals surface area contributed by atoms with Crippen LogP contribution in [0.15, 0.2) is 102 Å². The van der Waals surface area contributed by atoms with Gasteiger partial charge in [0.1, 0.15) is 12.6 Å². The lowest BCUT2D eigenvalue weighted by Crippen LogP contribution is -2.54. The molecule has 1 fully saturated rings. The number of nitrogens with zero attached hydrogens (tertiary/aromatic N) is 2. The Balaban J connectivity index is 1.60. The van der Waals surface area contributed by atoms with Crippen molar-refractivity contribution >= 4 is 27.5 Å². The molecule has 1 atom stereocenters. The Morgan fingerprint density at radius 1 is 0.796 bits per heavy atom. The van der Waals surface area contributed by atoms with E-state index in [4.69, 9.17) is 9.47 Å². The van der Waals surface area contributed by atoms with Crippen LogP contribution in [0.25, 0.3) is 0 Å². The average molecular weight is 684 g/mol. The van der Waals surface area contributed by atoms with Gasteiger partial charge in [0.05, 0.1) is 24.8 Å². The van der Waals surface area contributed by atoms with E-state index < -0.39 is 28.5 Å². The molecule has 0 radical (unpaired) electrons. The minimum atomic E-state index is -4.26. The molecular formula is C39H45N3O6S. The van der Waals surface area contributed by atoms with E-state index >= 15 is 0 Å². The van der Waals surface area contributed by atoms with Crippen LogP contribution in [0.1, 0.15) is 47.9 Å². The van der Waals surface area contributed by atoms with Gasteiger partial charge >= 0.3 is 0 Å². The topological polar surface area (TPSA) is 105 Å². The molecule has 4 aromatic rings. The van der Waals surface area contributed by atoms with Crippen molar-refractivity contribution in [2.45, 2.75) is 69.5 Å². The molecule has 1 unspecified atom stereocenters. The zero-order valence-corrected chi connectivity index (χ0v) is 29.4. The second-order valence-corrected chi connectivity index (χ2v) is 14.4. The molecule has 1 aliphatic rings. The smallest absolute Gasteiger partial charge is 0.264 e. The number of sulfonamides is 1. The number of carbonyl (C=O) groups excluding carboxylic acids is 2. The lowest BCUT2D eigenvalue weighted by Gasteiger charge is -2.34. The number of carbonyl (C=O) groups is 2. The van der Waals surface area contributed by atoms with Crippen molar-refractivity contribution in [3.8, 4) is 11.5 Å². The molecule has 10 heteroatoms. The van der Waals surface area contributed by atoms with Gasteiger partial charge in [-0.25, -0.2) is 8.42 Å². The molecule has 4 aromatic carbocycles. The molecule has 9 nitrogen and oxygen atoms in total. The van der Waals surface area contributed by atoms with Crippen LogP contribution in [-0.4, -0.2) is 58.0 Å². The van der Waals surface area contributed by atoms with Gasteiger partial charge in [-0.2, -0.15) is 0 Å². The zero-order chi connectivity index (χ0) is 35.0. The molecule has 1 aliphatic carbocycles. The van der Waals surface area contributed by atoms with E-state index in [2.05, 4.69) is 5.32 Å². The largest absolute Gasteiger partial charge is 0.493 e. The van der Waals surface area contributed by atoms with E-state index in [-0.39, 0.29) is 35.5 Å². The SMILES string of the molecule is COc1ccc(N(CC(=O)N(Cc2cccc(C)c2)C(Cc2ccccc2)C(=O)NC2CCCC2)S(=O)(=O)c2ccc(C)cc2)cc1OC. The Hall–Kier alpha value is -4.83. The van der Waals surface area contributed by atoms with Crippen molar-refractivity contribution in [2.24, 2.45) is 0 Å². The van der Waals surface area contributed by atoms with Crippen LogP contribution in [0.3, 0.4) is 0 Å². The number of rotatable bonds is 14. The Kier molecular flexibility index (Phi) is 11.6. The van der Waals surface area contributed by atoms with E-state index in [1.54, 1.807) is 24.3 Å². The van der Waals surface area contributed by atoms with Gasteiger partial charge in [0, 0.05) is 25.1 Å². The van der Waals surface area contributed by atoms with Gasteiger partial charge in [-0.05, 0) is 62.1 Å². The van der Waals surface area contributed by atoms with Gasteiger partial charge in [-0.3, -0.25) is 13.9 Å². The minimum Gasteiger partial charge on any atom is -0.493 e. The fourth-order valence-electron chi connectivity index (χ4n) is 6.27. The first kappa shape index (κ1) is 35.5. The summed E-state index contributed by atoms with van der Waals surface area (Å²) in [5.41, 5.74) is 3.85. The lowest BCUT2D eigenvalue weighted by atomic mass is 10.0. The number of hydrogen-bond acceptors (Lipinski definition) is 6. The molecule has 0 bridgehead atoms. The number of benzene rings is 4. The summed E-state index contributed by atoms with van der Waals surface area (Å²) in [5.74, 6) is -0.0470. The van der Waals surface area contributed by atoms with Crippen LogP contribution in [0.2, 0.25) is 0 Å². The van der Waals surface area contributed by atoms with Crippen LogP contribution >= 0.6 is 0 Å². The van der Waals surface area contributed by atoms with Crippen LogP contribution in [0.4, 0.5) is 5.69 Å². The van der Waals surface area contributed by atoms with E-state index in [9.17, 15) is 18.0 Å². The van der Waals surface area contributed by atoms with Crippen molar-refractivity contribution in [3.63, 3.8) is 0 Å². The van der Waals surface area contributed by atoms with Crippen molar-refractivity contribution < 1.29 is 27.5 Å². The van der Waals surface area contributed by atoms with Gasteiger partial charge in [0.2, 0.25) is 11.8 Å². The van der Waals surface area contributed by atoms with Gasteiger partial charge < -0.3 is 19.7 Å². The van der Waals surface area contributed by atoms with Crippen LogP contribution < -0.4 is 19.1 Å². The predicted molar refractivity (Wildman–Crippen MR) is 191 cm³/mol. The normalized spacial score (nSPS) is 13.8. The Morgan fingerprint density at radius 2 is 1.47 bits per heavy atom. The lowest BCUT2D eigenvalue weighted by molar-refractivity contribution is -0.140. The molecule has 0 saturated heterocycles. The number of hydrogen-bond donors (Lipinski definition) is 1. The monoisotopic (exact) mass is 683 g/mol. The fraction of sp³-hybridized carbons (Fsp3) is 0.333. The van der Waals surface area contributed by atoms with Gasteiger partial charge in [-0.1, -0.05) is 90.7 Å². The van der Waals surface area contributed by atoms with E-state index in [0.717, 1.165) is 52.2 Å². The van der Waals surface area contributed by atoms with Crippen molar-refractivity contribution in [1.82, 2.24) is 10.2 Å². The summed E-state index contributed by atoms with van der Waals surface area (Å²) in [5, 5.41) is 3.21. The number of aryl methyl sites for hydroxylation is 2. The first-order valence-corrected chi connectivity index (χ1v) is 18.0. The van der Waals surface area contributed by atoms with Gasteiger partial charge in [0.25, 0.3) is 10.0 Å². The van der Waals surface area contributed by atoms with E-state index in [1.807, 2.05) is 68.4 Å². The molecule has 49 heavy (non-hydrogen) atoms. The number of amides is 2. The fourth-order valence-corrected chi connectivity index (χ4v) is 7.68. The Labute approximate surface area is 289 Å². The summed E-state index contributed by atoms with van der Waals surface area (Å²) in [6.07, 6.45) is 4.11. The third-order valence-corrected chi connectivity index (χ3v) is 10.7. The highest BCUT2D eigenvalue weighted by Crippen LogP contribution is 2.34. The minimum absolute atomic E-state index is 0.0331. The molecular weight excluding hydrogens is 639 g/mol. The molecule has 0 aromatic heterocycles. The second kappa shape index (κ2) is 16.0. The highest BCUT2D eigenvalue weighted by molar-refractivity contribution is 7.92. The summed E-state index contributed by atoms with van der Waals surface area (Å²) >= 11 is 0. The number of nitrogens with one attached hydrogen (secondary N) is 1. The maximum absolute atomic E-state index is 14.8. The molecule has 1 saturated carbocycles. The Morgan fingerprint density at radius 3 is 2.12 bits per heavy atom. The molecule has 0 spiro atoms. The average Bonchev–Trinajstić information content (AvgIpc) is 3.62. The third-order valence-electron chi connectivity index (χ3n) is 8.95. The van der Waals surface area contributed by atoms with Crippen molar-refractivity contribution in [2.75, 3.05) is 25.1 Å². The molecule has 5 rings (SSSR count). The molecule has 2 amide bonds. The summed E-state index contributed by atoms with van der Waals surface area (Å²) in [4.78, 5) is 30.5. The number of anilines is 1. The second-order valence-electron chi connectivity index (χ2n) is 12.6. The maximum atomic E-state index is 14.8. The molecule has 1 N–H and O–H groups in total. The Bertz CT molecular complexity index is 1840. The third kappa shape index (κ3) is 8.80. The standard InChI is InChI=1S/C39H45N3O6S/c1-28-17-20-34(21-18-28)49(45,46)42(33-19-22-36(47-3)37(25-33)48-4)27-38(43)41(26-31-14-10-11-29(2)23-31)35(24-30-12-6-5-7-13-30)39(44)40-32-15-8-9-16-32/h5-7,10-14,17-23,25,32,35H,8-9,15-16,24,26-27H2,1-4H3,(H,40,44). The van der Waals surface area contributed by atoms with Gasteiger partial charge in [0.15, 0.2) is 11.5 Å². The first-order chi connectivity index (χ1) is 23.6. The quantitative estimate of drug-likeness (QED) is 0.169. The van der Waals surface area contributed by atoms with Crippen LogP contribution in [-0.2, 0) is 32.6 Å². The first-order valence-electron chi connectivity index (χ1n) is 16.6.